The molecule has 2 aliphatic rings. The highest BCUT2D eigenvalue weighted by Crippen LogP contribution is 2.21. The van der Waals surface area contributed by atoms with Gasteiger partial charge in [0.2, 0.25) is 5.91 Å². The van der Waals surface area contributed by atoms with Crippen molar-refractivity contribution in [1.82, 2.24) is 10.2 Å². The topological polar surface area (TPSA) is 50.8 Å². The third kappa shape index (κ3) is 4.48. The SMILES string of the molecule is COc1cccc(CN(CC2CCCO2)C(=O)C2CCCNC2)c1. The summed E-state index contributed by atoms with van der Waals surface area (Å²) in [7, 11) is 1.67. The van der Waals surface area contributed by atoms with E-state index in [0.29, 0.717) is 13.1 Å². The van der Waals surface area contributed by atoms with Gasteiger partial charge in [-0.1, -0.05) is 12.1 Å². The van der Waals surface area contributed by atoms with Crippen LogP contribution in [0.2, 0.25) is 0 Å². The minimum absolute atomic E-state index is 0.0887. The molecule has 1 amide bonds. The number of carbonyl (C=O) groups is 1. The quantitative estimate of drug-likeness (QED) is 0.868. The molecule has 2 atom stereocenters. The summed E-state index contributed by atoms with van der Waals surface area (Å²) < 4.78 is 11.1. The van der Waals surface area contributed by atoms with Gasteiger partial charge in [-0.15, -0.1) is 0 Å². The number of benzene rings is 1. The summed E-state index contributed by atoms with van der Waals surface area (Å²) in [6.45, 7) is 3.93. The standard InChI is InChI=1S/C19H28N2O3/c1-23-17-7-2-5-15(11-17)13-21(14-18-8-4-10-24-18)19(22)16-6-3-9-20-12-16/h2,5,7,11,16,18,20H,3-4,6,8-10,12-14H2,1H3. The van der Waals surface area contributed by atoms with Gasteiger partial charge in [-0.3, -0.25) is 4.79 Å². The van der Waals surface area contributed by atoms with E-state index in [1.165, 1.54) is 0 Å². The molecular weight excluding hydrogens is 304 g/mol. The van der Waals surface area contributed by atoms with Gasteiger partial charge < -0.3 is 19.7 Å². The van der Waals surface area contributed by atoms with Gasteiger partial charge in [0.05, 0.1) is 19.1 Å². The fraction of sp³-hybridized carbons (Fsp3) is 0.632. The minimum Gasteiger partial charge on any atom is -0.497 e. The number of hydrogen-bond acceptors (Lipinski definition) is 4. The van der Waals surface area contributed by atoms with Crippen LogP contribution in [0.15, 0.2) is 24.3 Å². The summed E-state index contributed by atoms with van der Waals surface area (Å²) >= 11 is 0. The lowest BCUT2D eigenvalue weighted by molar-refractivity contribution is -0.138. The number of methoxy groups -OCH3 is 1. The molecule has 5 heteroatoms. The van der Waals surface area contributed by atoms with Crippen molar-refractivity contribution in [2.24, 2.45) is 5.92 Å². The molecule has 1 aromatic rings. The van der Waals surface area contributed by atoms with Gasteiger partial charge in [0.15, 0.2) is 0 Å². The second-order valence-corrected chi connectivity index (χ2v) is 6.75. The van der Waals surface area contributed by atoms with E-state index in [2.05, 4.69) is 11.4 Å². The van der Waals surface area contributed by atoms with Crippen LogP contribution in [0.25, 0.3) is 0 Å². The number of piperidine rings is 1. The van der Waals surface area contributed by atoms with E-state index < -0.39 is 0 Å². The van der Waals surface area contributed by atoms with Crippen molar-refractivity contribution in [3.05, 3.63) is 29.8 Å². The fourth-order valence-electron chi connectivity index (χ4n) is 3.58. The van der Waals surface area contributed by atoms with Crippen molar-refractivity contribution in [2.75, 3.05) is 33.4 Å². The maximum atomic E-state index is 13.0. The van der Waals surface area contributed by atoms with Crippen LogP contribution in [0.4, 0.5) is 0 Å². The average molecular weight is 332 g/mol. The Morgan fingerprint density at radius 2 is 2.29 bits per heavy atom. The molecule has 5 nitrogen and oxygen atoms in total. The Morgan fingerprint density at radius 1 is 1.38 bits per heavy atom. The van der Waals surface area contributed by atoms with Gasteiger partial charge in [0, 0.05) is 26.2 Å². The predicted molar refractivity (Wildman–Crippen MR) is 93.0 cm³/mol. The molecule has 2 heterocycles. The van der Waals surface area contributed by atoms with E-state index in [-0.39, 0.29) is 17.9 Å². The van der Waals surface area contributed by atoms with Crippen molar-refractivity contribution in [3.63, 3.8) is 0 Å². The lowest BCUT2D eigenvalue weighted by Crippen LogP contribution is -2.45. The molecule has 2 aliphatic heterocycles. The van der Waals surface area contributed by atoms with Crippen LogP contribution in [-0.4, -0.2) is 50.3 Å². The Morgan fingerprint density at radius 3 is 3.00 bits per heavy atom. The molecule has 3 rings (SSSR count). The van der Waals surface area contributed by atoms with E-state index in [0.717, 1.165) is 56.7 Å². The number of ether oxygens (including phenoxy) is 2. The highest BCUT2D eigenvalue weighted by molar-refractivity contribution is 5.79. The molecular formula is C19H28N2O3. The first-order valence-corrected chi connectivity index (χ1v) is 9.00. The summed E-state index contributed by atoms with van der Waals surface area (Å²) in [6, 6.07) is 7.97. The molecule has 0 radical (unpaired) electrons. The van der Waals surface area contributed by atoms with E-state index >= 15 is 0 Å². The highest BCUT2D eigenvalue weighted by Gasteiger charge is 2.29. The number of nitrogens with zero attached hydrogens (tertiary/aromatic N) is 1. The largest absolute Gasteiger partial charge is 0.497 e. The Labute approximate surface area is 144 Å². The third-order valence-corrected chi connectivity index (χ3v) is 4.91. The molecule has 0 spiro atoms. The number of rotatable bonds is 6. The molecule has 2 fully saturated rings. The highest BCUT2D eigenvalue weighted by atomic mass is 16.5. The fourth-order valence-corrected chi connectivity index (χ4v) is 3.58. The molecule has 1 N–H and O–H groups in total. The van der Waals surface area contributed by atoms with Crippen molar-refractivity contribution in [2.45, 2.75) is 38.3 Å². The Bertz CT molecular complexity index is 537. The molecule has 0 bridgehead atoms. The van der Waals surface area contributed by atoms with Crippen LogP contribution in [0.1, 0.15) is 31.2 Å². The van der Waals surface area contributed by atoms with E-state index in [4.69, 9.17) is 9.47 Å². The van der Waals surface area contributed by atoms with Crippen LogP contribution >= 0.6 is 0 Å². The molecule has 0 saturated carbocycles. The summed E-state index contributed by atoms with van der Waals surface area (Å²) in [6.07, 6.45) is 4.37. The predicted octanol–water partition coefficient (Wildman–Crippen LogP) is 2.20. The number of carbonyl (C=O) groups excluding carboxylic acids is 1. The first-order valence-electron chi connectivity index (χ1n) is 9.00. The monoisotopic (exact) mass is 332 g/mol. The summed E-state index contributed by atoms with van der Waals surface area (Å²) in [5.41, 5.74) is 1.10. The van der Waals surface area contributed by atoms with Gasteiger partial charge >= 0.3 is 0 Å². The zero-order valence-electron chi connectivity index (χ0n) is 14.5. The second kappa shape index (κ2) is 8.49. The van der Waals surface area contributed by atoms with Crippen molar-refractivity contribution in [3.8, 4) is 5.75 Å². The Balaban J connectivity index is 1.71. The smallest absolute Gasteiger partial charge is 0.227 e. The van der Waals surface area contributed by atoms with Crippen molar-refractivity contribution < 1.29 is 14.3 Å². The molecule has 24 heavy (non-hydrogen) atoms. The van der Waals surface area contributed by atoms with Crippen molar-refractivity contribution >= 4 is 5.91 Å². The molecule has 2 unspecified atom stereocenters. The number of amides is 1. The summed E-state index contributed by atoms with van der Waals surface area (Å²) in [5, 5.41) is 3.35. The van der Waals surface area contributed by atoms with E-state index in [1.54, 1.807) is 7.11 Å². The van der Waals surface area contributed by atoms with Gasteiger partial charge in [-0.05, 0) is 49.9 Å². The van der Waals surface area contributed by atoms with Gasteiger partial charge in [-0.2, -0.15) is 0 Å². The molecule has 0 aromatic heterocycles. The van der Waals surface area contributed by atoms with Crippen LogP contribution in [0.3, 0.4) is 0 Å². The first kappa shape index (κ1) is 17.2. The van der Waals surface area contributed by atoms with Crippen LogP contribution in [-0.2, 0) is 16.1 Å². The van der Waals surface area contributed by atoms with Crippen LogP contribution < -0.4 is 10.1 Å². The Kier molecular flexibility index (Phi) is 6.10. The van der Waals surface area contributed by atoms with Crippen molar-refractivity contribution in [1.29, 1.82) is 0 Å². The normalized spacial score (nSPS) is 23.9. The molecule has 1 aromatic carbocycles. The van der Waals surface area contributed by atoms with Gasteiger partial charge in [0.25, 0.3) is 0 Å². The third-order valence-electron chi connectivity index (χ3n) is 4.91. The minimum atomic E-state index is 0.0887. The zero-order valence-corrected chi connectivity index (χ0v) is 14.5. The summed E-state index contributed by atoms with van der Waals surface area (Å²) in [5.74, 6) is 1.17. The molecule has 132 valence electrons. The number of hydrogen-bond donors (Lipinski definition) is 1. The van der Waals surface area contributed by atoms with Gasteiger partial charge in [0.1, 0.15) is 5.75 Å². The first-order chi connectivity index (χ1) is 11.8. The van der Waals surface area contributed by atoms with E-state index in [9.17, 15) is 4.79 Å². The zero-order chi connectivity index (χ0) is 16.8. The maximum absolute atomic E-state index is 13.0. The molecule has 2 saturated heterocycles. The van der Waals surface area contributed by atoms with E-state index in [1.807, 2.05) is 23.1 Å². The lowest BCUT2D eigenvalue weighted by atomic mass is 9.97. The summed E-state index contributed by atoms with van der Waals surface area (Å²) in [4.78, 5) is 15.0. The number of nitrogens with one attached hydrogen (secondary N) is 1. The van der Waals surface area contributed by atoms with Crippen LogP contribution in [0, 0.1) is 5.92 Å². The Hall–Kier alpha value is -1.59. The second-order valence-electron chi connectivity index (χ2n) is 6.75. The average Bonchev–Trinajstić information content (AvgIpc) is 3.14. The molecule has 0 aliphatic carbocycles. The van der Waals surface area contributed by atoms with Gasteiger partial charge in [-0.25, -0.2) is 0 Å². The van der Waals surface area contributed by atoms with Crippen LogP contribution in [0.5, 0.6) is 5.75 Å². The lowest BCUT2D eigenvalue weighted by Gasteiger charge is -2.31. The maximum Gasteiger partial charge on any atom is 0.227 e.